The summed E-state index contributed by atoms with van der Waals surface area (Å²) in [6.45, 7) is 1.58. The fourth-order valence-corrected chi connectivity index (χ4v) is 1.96. The van der Waals surface area contributed by atoms with Crippen LogP contribution in [0.2, 0.25) is 0 Å². The average Bonchev–Trinajstić information content (AvgIpc) is 2.46. The van der Waals surface area contributed by atoms with Gasteiger partial charge >= 0.3 is 5.97 Å². The third-order valence-corrected chi connectivity index (χ3v) is 3.08. The summed E-state index contributed by atoms with van der Waals surface area (Å²) >= 11 is 0. The van der Waals surface area contributed by atoms with E-state index in [1.807, 2.05) is 6.07 Å². The highest BCUT2D eigenvalue weighted by molar-refractivity contribution is 6.10. The van der Waals surface area contributed by atoms with E-state index in [4.69, 9.17) is 5.11 Å². The van der Waals surface area contributed by atoms with Crippen LogP contribution in [0.5, 0.6) is 0 Å². The van der Waals surface area contributed by atoms with Crippen molar-refractivity contribution in [3.05, 3.63) is 71.3 Å². The number of benzene rings is 2. The number of carbonyl (C=O) groups is 2. The summed E-state index contributed by atoms with van der Waals surface area (Å²) in [4.78, 5) is 23.5. The molecule has 0 radical (unpaired) electrons. The molecule has 3 nitrogen and oxygen atoms in total. The second kappa shape index (κ2) is 5.48. The first-order chi connectivity index (χ1) is 9.11. The van der Waals surface area contributed by atoms with Gasteiger partial charge in [-0.25, -0.2) is 0 Å². The average molecular weight is 254 g/mol. The minimum Gasteiger partial charge on any atom is -0.481 e. The molecule has 0 bridgehead atoms. The van der Waals surface area contributed by atoms with Crippen LogP contribution >= 0.6 is 0 Å². The van der Waals surface area contributed by atoms with Gasteiger partial charge in [0, 0.05) is 11.1 Å². The van der Waals surface area contributed by atoms with Crippen molar-refractivity contribution in [2.45, 2.75) is 12.8 Å². The molecule has 0 saturated heterocycles. The largest absolute Gasteiger partial charge is 0.481 e. The van der Waals surface area contributed by atoms with Crippen molar-refractivity contribution >= 4 is 11.8 Å². The summed E-state index contributed by atoms with van der Waals surface area (Å²) < 4.78 is 0. The number of hydrogen-bond acceptors (Lipinski definition) is 2. The molecule has 2 rings (SSSR count). The zero-order valence-electron chi connectivity index (χ0n) is 10.5. The van der Waals surface area contributed by atoms with E-state index in [2.05, 4.69) is 0 Å². The summed E-state index contributed by atoms with van der Waals surface area (Å²) in [6, 6.07) is 15.7. The SMILES string of the molecule is C[C@H](C(=O)O)c1ccccc1C(=O)c1ccccc1. The van der Waals surface area contributed by atoms with Crippen molar-refractivity contribution < 1.29 is 14.7 Å². The number of rotatable bonds is 4. The second-order valence-corrected chi connectivity index (χ2v) is 4.34. The van der Waals surface area contributed by atoms with Gasteiger partial charge in [0.25, 0.3) is 0 Å². The summed E-state index contributed by atoms with van der Waals surface area (Å²) in [6.07, 6.45) is 0. The van der Waals surface area contributed by atoms with Gasteiger partial charge in [0.05, 0.1) is 5.92 Å². The summed E-state index contributed by atoms with van der Waals surface area (Å²) in [5.41, 5.74) is 1.56. The lowest BCUT2D eigenvalue weighted by molar-refractivity contribution is -0.138. The molecule has 0 amide bonds. The quantitative estimate of drug-likeness (QED) is 0.853. The molecule has 0 saturated carbocycles. The molecule has 96 valence electrons. The van der Waals surface area contributed by atoms with Crippen LogP contribution in [0.4, 0.5) is 0 Å². The lowest BCUT2D eigenvalue weighted by Gasteiger charge is -2.12. The van der Waals surface area contributed by atoms with Crippen molar-refractivity contribution in [2.24, 2.45) is 0 Å². The van der Waals surface area contributed by atoms with Crippen molar-refractivity contribution in [2.75, 3.05) is 0 Å². The van der Waals surface area contributed by atoms with Crippen molar-refractivity contribution in [1.82, 2.24) is 0 Å². The molecule has 0 aliphatic heterocycles. The first-order valence-electron chi connectivity index (χ1n) is 6.02. The predicted octanol–water partition coefficient (Wildman–Crippen LogP) is 3.11. The fraction of sp³-hybridized carbons (Fsp3) is 0.125. The smallest absolute Gasteiger partial charge is 0.310 e. The van der Waals surface area contributed by atoms with Gasteiger partial charge in [-0.1, -0.05) is 54.6 Å². The maximum atomic E-state index is 12.4. The number of hydrogen-bond donors (Lipinski definition) is 1. The zero-order chi connectivity index (χ0) is 13.8. The molecule has 0 aliphatic carbocycles. The monoisotopic (exact) mass is 254 g/mol. The summed E-state index contributed by atoms with van der Waals surface area (Å²) in [5, 5.41) is 9.10. The first kappa shape index (κ1) is 13.0. The normalized spacial score (nSPS) is 11.8. The Bertz CT molecular complexity index is 602. The van der Waals surface area contributed by atoms with Crippen LogP contribution in [0.25, 0.3) is 0 Å². The van der Waals surface area contributed by atoms with Gasteiger partial charge in [0.1, 0.15) is 0 Å². The van der Waals surface area contributed by atoms with Gasteiger partial charge in [-0.2, -0.15) is 0 Å². The Morgan fingerprint density at radius 1 is 0.947 bits per heavy atom. The highest BCUT2D eigenvalue weighted by Crippen LogP contribution is 2.22. The maximum absolute atomic E-state index is 12.4. The van der Waals surface area contributed by atoms with Crippen molar-refractivity contribution in [3.63, 3.8) is 0 Å². The molecule has 0 spiro atoms. The maximum Gasteiger partial charge on any atom is 0.310 e. The molecule has 3 heteroatoms. The second-order valence-electron chi connectivity index (χ2n) is 4.34. The van der Waals surface area contributed by atoms with Gasteiger partial charge in [-0.15, -0.1) is 0 Å². The molecule has 19 heavy (non-hydrogen) atoms. The minimum atomic E-state index is -0.937. The Morgan fingerprint density at radius 3 is 2.16 bits per heavy atom. The molecule has 0 heterocycles. The van der Waals surface area contributed by atoms with Gasteiger partial charge in [-0.3, -0.25) is 9.59 Å². The molecule has 0 aromatic heterocycles. The highest BCUT2D eigenvalue weighted by Gasteiger charge is 2.21. The third-order valence-electron chi connectivity index (χ3n) is 3.08. The van der Waals surface area contributed by atoms with Crippen LogP contribution in [0, 0.1) is 0 Å². The standard InChI is InChI=1S/C16H14O3/c1-11(16(18)19)13-9-5-6-10-14(13)15(17)12-7-3-2-4-8-12/h2-11H,1H3,(H,18,19)/t11-/m0/s1. The molecule has 0 fully saturated rings. The van der Waals surface area contributed by atoms with Crippen molar-refractivity contribution in [1.29, 1.82) is 0 Å². The minimum absolute atomic E-state index is 0.149. The third kappa shape index (κ3) is 2.71. The van der Waals surface area contributed by atoms with E-state index in [1.165, 1.54) is 0 Å². The van der Waals surface area contributed by atoms with Gasteiger partial charge in [-0.05, 0) is 12.5 Å². The highest BCUT2D eigenvalue weighted by atomic mass is 16.4. The van der Waals surface area contributed by atoms with Crippen LogP contribution in [-0.4, -0.2) is 16.9 Å². The van der Waals surface area contributed by atoms with Gasteiger partial charge in [0.15, 0.2) is 5.78 Å². The van der Waals surface area contributed by atoms with Crippen LogP contribution in [0.3, 0.4) is 0 Å². The van der Waals surface area contributed by atoms with Crippen LogP contribution < -0.4 is 0 Å². The van der Waals surface area contributed by atoms with E-state index >= 15 is 0 Å². The van der Waals surface area contributed by atoms with Crippen molar-refractivity contribution in [3.8, 4) is 0 Å². The number of aliphatic carboxylic acids is 1. The number of carboxylic acid groups (broad SMARTS) is 1. The predicted molar refractivity (Wildman–Crippen MR) is 72.4 cm³/mol. The Hall–Kier alpha value is -2.42. The summed E-state index contributed by atoms with van der Waals surface area (Å²) in [5.74, 6) is -1.79. The number of carbonyl (C=O) groups excluding carboxylic acids is 1. The molecule has 1 N–H and O–H groups in total. The van der Waals surface area contributed by atoms with E-state index in [9.17, 15) is 9.59 Å². The van der Waals surface area contributed by atoms with E-state index in [-0.39, 0.29) is 5.78 Å². The topological polar surface area (TPSA) is 54.4 Å². The Balaban J connectivity index is 2.46. The molecular weight excluding hydrogens is 240 g/mol. The van der Waals surface area contributed by atoms with E-state index in [0.717, 1.165) is 0 Å². The van der Waals surface area contributed by atoms with Crippen LogP contribution in [-0.2, 0) is 4.79 Å². The van der Waals surface area contributed by atoms with Gasteiger partial charge in [0.2, 0.25) is 0 Å². The van der Waals surface area contributed by atoms with E-state index in [1.54, 1.807) is 55.5 Å². The Labute approximate surface area is 111 Å². The molecule has 2 aromatic rings. The van der Waals surface area contributed by atoms with Crippen LogP contribution in [0.1, 0.15) is 34.3 Å². The first-order valence-corrected chi connectivity index (χ1v) is 6.02. The van der Waals surface area contributed by atoms with E-state index < -0.39 is 11.9 Å². The van der Waals surface area contributed by atoms with Gasteiger partial charge < -0.3 is 5.11 Å². The lowest BCUT2D eigenvalue weighted by atomic mass is 9.91. The van der Waals surface area contributed by atoms with Crippen LogP contribution in [0.15, 0.2) is 54.6 Å². The zero-order valence-corrected chi connectivity index (χ0v) is 10.5. The lowest BCUT2D eigenvalue weighted by Crippen LogP contribution is -2.13. The number of carboxylic acids is 1. The molecule has 2 aromatic carbocycles. The summed E-state index contributed by atoms with van der Waals surface area (Å²) in [7, 11) is 0. The van der Waals surface area contributed by atoms with E-state index in [0.29, 0.717) is 16.7 Å². The fourth-order valence-electron chi connectivity index (χ4n) is 1.96. The number of ketones is 1. The Kier molecular flexibility index (Phi) is 3.76. The Morgan fingerprint density at radius 2 is 1.53 bits per heavy atom. The molecule has 0 aliphatic rings. The molecular formula is C16H14O3. The molecule has 1 atom stereocenters. The molecule has 0 unspecified atom stereocenters.